The van der Waals surface area contributed by atoms with Crippen LogP contribution in [0.3, 0.4) is 0 Å². The molecule has 0 aromatic carbocycles. The lowest BCUT2D eigenvalue weighted by Gasteiger charge is -2.15. The quantitative estimate of drug-likeness (QED) is 0.485. The molecule has 0 aliphatic carbocycles. The van der Waals surface area contributed by atoms with E-state index < -0.39 is 12.5 Å². The molecule has 0 aliphatic rings. The lowest BCUT2D eigenvalue weighted by atomic mass is 10.1. The van der Waals surface area contributed by atoms with Crippen LogP contribution in [0.2, 0.25) is 0 Å². The number of nitrogens with one attached hydrogen (secondary N) is 1. The molecule has 78 valence electrons. The summed E-state index contributed by atoms with van der Waals surface area (Å²) in [6.45, 7) is 0. The van der Waals surface area contributed by atoms with Crippen LogP contribution in [-0.2, 0) is 6.42 Å². The molecule has 1 heterocycles. The van der Waals surface area contributed by atoms with E-state index >= 15 is 0 Å². The second-order valence-corrected chi connectivity index (χ2v) is 2.89. The zero-order valence-corrected chi connectivity index (χ0v) is 7.45. The number of pyridine rings is 1. The maximum Gasteiger partial charge on any atom is 0.255 e. The molecule has 0 aliphatic heterocycles. The van der Waals surface area contributed by atoms with Crippen molar-refractivity contribution in [2.75, 3.05) is 5.73 Å². The molecule has 0 saturated carbocycles. The highest BCUT2D eigenvalue weighted by atomic mass is 19.3. The number of nitrogens with two attached hydrogens (primary N) is 2. The number of hydrogen-bond donors (Lipinski definition) is 3. The molecule has 5 N–H and O–H groups in total. The van der Waals surface area contributed by atoms with Crippen LogP contribution in [0.5, 0.6) is 0 Å². The van der Waals surface area contributed by atoms with Crippen LogP contribution in [0.1, 0.15) is 5.56 Å². The Balaban J connectivity index is 2.72. The molecule has 1 aromatic heterocycles. The van der Waals surface area contributed by atoms with Gasteiger partial charge in [-0.3, -0.25) is 16.3 Å². The first-order valence-corrected chi connectivity index (χ1v) is 4.07. The zero-order chi connectivity index (χ0) is 10.6. The largest absolute Gasteiger partial charge is 0.398 e. The van der Waals surface area contributed by atoms with Crippen LogP contribution >= 0.6 is 0 Å². The van der Waals surface area contributed by atoms with Gasteiger partial charge in [-0.1, -0.05) is 0 Å². The van der Waals surface area contributed by atoms with E-state index in [1.54, 1.807) is 6.07 Å². The van der Waals surface area contributed by atoms with Gasteiger partial charge in [0.2, 0.25) is 0 Å². The smallest absolute Gasteiger partial charge is 0.255 e. The Hall–Kier alpha value is -1.27. The average Bonchev–Trinajstić information content (AvgIpc) is 2.16. The molecule has 1 unspecified atom stereocenters. The van der Waals surface area contributed by atoms with Crippen molar-refractivity contribution < 1.29 is 8.78 Å². The predicted octanol–water partition coefficient (Wildman–Crippen LogP) is 0.303. The summed E-state index contributed by atoms with van der Waals surface area (Å²) in [5.41, 5.74) is 8.62. The van der Waals surface area contributed by atoms with Gasteiger partial charge in [0.15, 0.2) is 0 Å². The topological polar surface area (TPSA) is 77.0 Å². The number of aromatic nitrogens is 1. The van der Waals surface area contributed by atoms with E-state index in [1.807, 2.05) is 5.43 Å². The minimum absolute atomic E-state index is 0.0633. The van der Waals surface area contributed by atoms with Crippen molar-refractivity contribution in [1.29, 1.82) is 0 Å². The van der Waals surface area contributed by atoms with Crippen LogP contribution in [-0.4, -0.2) is 17.5 Å². The van der Waals surface area contributed by atoms with Gasteiger partial charge in [0.25, 0.3) is 6.43 Å². The van der Waals surface area contributed by atoms with Gasteiger partial charge in [-0.25, -0.2) is 8.78 Å². The normalized spacial score (nSPS) is 13.1. The van der Waals surface area contributed by atoms with E-state index in [9.17, 15) is 8.78 Å². The summed E-state index contributed by atoms with van der Waals surface area (Å²) in [5.74, 6) is 4.98. The maximum atomic E-state index is 12.3. The standard InChI is InChI=1S/C8H12F2N4/c9-8(10)7(14-12)3-5-4-13-2-1-6(5)11/h1-2,4,7-8,14H,3,12H2,(H2,11,13). The fourth-order valence-corrected chi connectivity index (χ4v) is 1.07. The Bertz CT molecular complexity index is 292. The Morgan fingerprint density at radius 2 is 2.21 bits per heavy atom. The Morgan fingerprint density at radius 1 is 1.50 bits per heavy atom. The van der Waals surface area contributed by atoms with E-state index in [0.717, 1.165) is 0 Å². The third-order valence-corrected chi connectivity index (χ3v) is 1.90. The average molecular weight is 202 g/mol. The van der Waals surface area contributed by atoms with E-state index in [4.69, 9.17) is 11.6 Å². The lowest BCUT2D eigenvalue weighted by molar-refractivity contribution is 0.0985. The maximum absolute atomic E-state index is 12.3. The van der Waals surface area contributed by atoms with Crippen molar-refractivity contribution in [1.82, 2.24) is 10.4 Å². The van der Waals surface area contributed by atoms with Gasteiger partial charge >= 0.3 is 0 Å². The number of hydrazine groups is 1. The molecule has 0 spiro atoms. The van der Waals surface area contributed by atoms with Gasteiger partial charge in [0.1, 0.15) is 0 Å². The summed E-state index contributed by atoms with van der Waals surface area (Å²) in [4.78, 5) is 3.80. The second kappa shape index (κ2) is 4.83. The van der Waals surface area contributed by atoms with E-state index in [-0.39, 0.29) is 6.42 Å². The highest BCUT2D eigenvalue weighted by molar-refractivity contribution is 5.44. The summed E-state index contributed by atoms with van der Waals surface area (Å²) < 4.78 is 24.6. The third-order valence-electron chi connectivity index (χ3n) is 1.90. The Morgan fingerprint density at radius 3 is 2.71 bits per heavy atom. The monoisotopic (exact) mass is 202 g/mol. The number of halogens is 2. The van der Waals surface area contributed by atoms with E-state index in [2.05, 4.69) is 4.98 Å². The first-order chi connectivity index (χ1) is 6.65. The highest BCUT2D eigenvalue weighted by Crippen LogP contribution is 2.14. The molecular weight excluding hydrogens is 190 g/mol. The summed E-state index contributed by atoms with van der Waals surface area (Å²) in [6.07, 6.45) is 0.502. The predicted molar refractivity (Wildman–Crippen MR) is 49.5 cm³/mol. The summed E-state index contributed by atoms with van der Waals surface area (Å²) in [7, 11) is 0. The zero-order valence-electron chi connectivity index (χ0n) is 7.45. The van der Waals surface area contributed by atoms with Crippen molar-refractivity contribution in [3.8, 4) is 0 Å². The Labute approximate surface area is 80.3 Å². The minimum atomic E-state index is -2.53. The summed E-state index contributed by atoms with van der Waals surface area (Å²) in [6, 6.07) is 0.468. The summed E-state index contributed by atoms with van der Waals surface area (Å²) >= 11 is 0. The molecule has 1 aromatic rings. The molecule has 0 bridgehead atoms. The van der Waals surface area contributed by atoms with Crippen molar-refractivity contribution in [3.05, 3.63) is 24.0 Å². The van der Waals surface area contributed by atoms with Gasteiger partial charge in [-0.2, -0.15) is 0 Å². The second-order valence-electron chi connectivity index (χ2n) is 2.89. The number of rotatable bonds is 4. The molecule has 1 rings (SSSR count). The SMILES string of the molecule is NNC(Cc1cnccc1N)C(F)F. The van der Waals surface area contributed by atoms with Gasteiger partial charge in [-0.15, -0.1) is 0 Å². The molecule has 14 heavy (non-hydrogen) atoms. The van der Waals surface area contributed by atoms with Crippen LogP contribution in [0.4, 0.5) is 14.5 Å². The first kappa shape index (κ1) is 10.8. The van der Waals surface area contributed by atoms with Crippen molar-refractivity contribution in [2.24, 2.45) is 5.84 Å². The van der Waals surface area contributed by atoms with Crippen LogP contribution in [0.15, 0.2) is 18.5 Å². The molecule has 0 amide bonds. The number of anilines is 1. The molecule has 0 fully saturated rings. The van der Waals surface area contributed by atoms with Gasteiger partial charge in [-0.05, 0) is 18.1 Å². The van der Waals surface area contributed by atoms with Crippen molar-refractivity contribution in [3.63, 3.8) is 0 Å². The first-order valence-electron chi connectivity index (χ1n) is 4.07. The number of alkyl halides is 2. The van der Waals surface area contributed by atoms with E-state index in [1.165, 1.54) is 12.4 Å². The molecule has 1 atom stereocenters. The van der Waals surface area contributed by atoms with Crippen LogP contribution in [0.25, 0.3) is 0 Å². The third kappa shape index (κ3) is 2.61. The van der Waals surface area contributed by atoms with Crippen molar-refractivity contribution in [2.45, 2.75) is 18.9 Å². The van der Waals surface area contributed by atoms with Crippen LogP contribution < -0.4 is 17.0 Å². The highest BCUT2D eigenvalue weighted by Gasteiger charge is 2.19. The van der Waals surface area contributed by atoms with Gasteiger partial charge in [0, 0.05) is 18.1 Å². The molecule has 0 saturated heterocycles. The number of nitrogen functional groups attached to an aromatic ring is 1. The van der Waals surface area contributed by atoms with Crippen molar-refractivity contribution >= 4 is 5.69 Å². The molecular formula is C8H12F2N4. The summed E-state index contributed by atoms with van der Waals surface area (Å²) in [5, 5.41) is 0. The minimum Gasteiger partial charge on any atom is -0.398 e. The molecule has 0 radical (unpaired) electrons. The number of nitrogens with zero attached hydrogens (tertiary/aromatic N) is 1. The molecule has 6 heteroatoms. The fraction of sp³-hybridized carbons (Fsp3) is 0.375. The lowest BCUT2D eigenvalue weighted by Crippen LogP contribution is -2.42. The molecule has 4 nitrogen and oxygen atoms in total. The van der Waals surface area contributed by atoms with Crippen LogP contribution in [0, 0.1) is 0 Å². The van der Waals surface area contributed by atoms with Gasteiger partial charge < -0.3 is 5.73 Å². The fourth-order valence-electron chi connectivity index (χ4n) is 1.07. The Kier molecular flexibility index (Phi) is 3.73. The number of hydrogen-bond acceptors (Lipinski definition) is 4. The van der Waals surface area contributed by atoms with Gasteiger partial charge in [0.05, 0.1) is 6.04 Å². The van der Waals surface area contributed by atoms with E-state index in [0.29, 0.717) is 11.3 Å².